The number of phenolic OH excluding ortho intramolecular Hbond substituents is 1. The summed E-state index contributed by atoms with van der Waals surface area (Å²) in [7, 11) is 0. The number of hydrogen-bond donors (Lipinski definition) is 2. The van der Waals surface area contributed by atoms with Gasteiger partial charge in [-0.1, -0.05) is 17.7 Å². The minimum absolute atomic E-state index is 0.0313. The summed E-state index contributed by atoms with van der Waals surface area (Å²) in [5.41, 5.74) is 2.28. The van der Waals surface area contributed by atoms with Gasteiger partial charge in [-0.05, 0) is 55.7 Å². The first-order valence-corrected chi connectivity index (χ1v) is 9.85. The highest BCUT2D eigenvalue weighted by Gasteiger charge is 2.19. The van der Waals surface area contributed by atoms with Crippen LogP contribution in [0.4, 0.5) is 5.69 Å². The number of rotatable bonds is 4. The van der Waals surface area contributed by atoms with Crippen LogP contribution in [0.3, 0.4) is 0 Å². The average molecular weight is 413 g/mol. The third kappa shape index (κ3) is 4.28. The van der Waals surface area contributed by atoms with Crippen molar-refractivity contribution in [1.82, 2.24) is 5.32 Å². The van der Waals surface area contributed by atoms with E-state index < -0.39 is 0 Å². The molecule has 29 heavy (non-hydrogen) atoms. The Hall–Kier alpha value is -2.83. The first-order chi connectivity index (χ1) is 14.0. The molecule has 6 nitrogen and oxygen atoms in total. The maximum Gasteiger partial charge on any atom is 0.256 e. The quantitative estimate of drug-likeness (QED) is 0.671. The maximum absolute atomic E-state index is 12.9. The van der Waals surface area contributed by atoms with E-state index in [0.29, 0.717) is 33.8 Å². The number of carbonyl (C=O) groups excluding carboxylic acids is 1. The van der Waals surface area contributed by atoms with Crippen molar-refractivity contribution in [3.8, 4) is 5.75 Å². The molecule has 0 bridgehead atoms. The Balaban J connectivity index is 1.79. The van der Waals surface area contributed by atoms with Crippen LogP contribution in [0.1, 0.15) is 28.8 Å². The van der Waals surface area contributed by atoms with Crippen LogP contribution in [0.5, 0.6) is 5.75 Å². The molecule has 0 aliphatic carbocycles. The lowest BCUT2D eigenvalue weighted by Gasteiger charge is -2.11. The van der Waals surface area contributed by atoms with E-state index in [1.807, 2.05) is 6.92 Å². The van der Waals surface area contributed by atoms with Crippen LogP contribution in [0.15, 0.2) is 51.9 Å². The van der Waals surface area contributed by atoms with E-state index in [2.05, 4.69) is 10.3 Å². The van der Waals surface area contributed by atoms with Crippen molar-refractivity contribution in [2.75, 3.05) is 13.2 Å². The summed E-state index contributed by atoms with van der Waals surface area (Å²) in [5, 5.41) is 13.9. The number of hydrogen-bond acceptors (Lipinski definition) is 5. The normalized spacial score (nSPS) is 17.0. The zero-order valence-electron chi connectivity index (χ0n) is 15.9. The number of amides is 1. The third-order valence-corrected chi connectivity index (χ3v) is 5.36. The molecule has 1 atom stereocenters. The molecule has 2 aromatic carbocycles. The first-order valence-electron chi connectivity index (χ1n) is 9.48. The van der Waals surface area contributed by atoms with Crippen LogP contribution >= 0.6 is 11.6 Å². The van der Waals surface area contributed by atoms with Crippen LogP contribution < -0.4 is 10.9 Å². The Morgan fingerprint density at radius 2 is 2.17 bits per heavy atom. The molecular formula is C22H21ClN2O4. The Kier molecular flexibility index (Phi) is 5.56. The van der Waals surface area contributed by atoms with E-state index >= 15 is 0 Å². The number of aromatic hydroxyl groups is 1. The molecule has 1 fully saturated rings. The fraction of sp³-hybridized carbons (Fsp3) is 0.273. The van der Waals surface area contributed by atoms with Crippen LogP contribution in [-0.4, -0.2) is 30.3 Å². The highest BCUT2D eigenvalue weighted by Crippen LogP contribution is 2.26. The number of nitrogens with zero attached hydrogens (tertiary/aromatic N) is 1. The van der Waals surface area contributed by atoms with Crippen LogP contribution in [-0.2, 0) is 4.74 Å². The van der Waals surface area contributed by atoms with Gasteiger partial charge in [0, 0.05) is 29.6 Å². The maximum atomic E-state index is 12.9. The summed E-state index contributed by atoms with van der Waals surface area (Å²) in [6, 6.07) is 11.8. The zero-order valence-corrected chi connectivity index (χ0v) is 16.7. The largest absolute Gasteiger partial charge is 0.508 e. The monoisotopic (exact) mass is 412 g/mol. The highest BCUT2D eigenvalue weighted by molar-refractivity contribution is 6.31. The van der Waals surface area contributed by atoms with Gasteiger partial charge in [-0.2, -0.15) is 0 Å². The molecule has 1 unspecified atom stereocenters. The number of halogens is 1. The van der Waals surface area contributed by atoms with Gasteiger partial charge >= 0.3 is 0 Å². The number of fused-ring (bicyclic) bond motifs is 1. The van der Waals surface area contributed by atoms with E-state index in [1.165, 1.54) is 6.07 Å². The Bertz CT molecular complexity index is 1130. The second-order valence-corrected chi connectivity index (χ2v) is 7.44. The van der Waals surface area contributed by atoms with Gasteiger partial charge < -0.3 is 19.6 Å². The van der Waals surface area contributed by atoms with Gasteiger partial charge in [-0.25, -0.2) is 4.99 Å². The average Bonchev–Trinajstić information content (AvgIpc) is 3.23. The minimum atomic E-state index is -0.294. The van der Waals surface area contributed by atoms with Crippen LogP contribution in [0.25, 0.3) is 11.0 Å². The number of phenols is 1. The SMILES string of the molecule is Cc1c(Cl)cccc1N=c1oc2cc(O)ccc2cc1C(=O)NCC1CCCO1. The van der Waals surface area contributed by atoms with Gasteiger partial charge in [0.25, 0.3) is 5.91 Å². The molecule has 1 aromatic heterocycles. The Morgan fingerprint density at radius 1 is 1.31 bits per heavy atom. The number of nitrogens with one attached hydrogen (secondary N) is 1. The van der Waals surface area contributed by atoms with E-state index in [0.717, 1.165) is 25.0 Å². The predicted octanol–water partition coefficient (Wildman–Crippen LogP) is 4.24. The molecule has 1 aliphatic heterocycles. The Labute approximate surface area is 172 Å². The number of benzene rings is 2. The molecule has 1 saturated heterocycles. The lowest BCUT2D eigenvalue weighted by Crippen LogP contribution is -2.34. The minimum Gasteiger partial charge on any atom is -0.508 e. The van der Waals surface area contributed by atoms with Gasteiger partial charge in [0.05, 0.1) is 11.8 Å². The van der Waals surface area contributed by atoms with Crippen molar-refractivity contribution in [2.45, 2.75) is 25.9 Å². The lowest BCUT2D eigenvalue weighted by molar-refractivity contribution is 0.0854. The molecule has 150 valence electrons. The summed E-state index contributed by atoms with van der Waals surface area (Å²) in [4.78, 5) is 17.5. The van der Waals surface area contributed by atoms with Gasteiger partial charge in [-0.15, -0.1) is 0 Å². The van der Waals surface area contributed by atoms with Crippen LogP contribution in [0.2, 0.25) is 5.02 Å². The summed E-state index contributed by atoms with van der Waals surface area (Å²) < 4.78 is 11.5. The van der Waals surface area contributed by atoms with Crippen molar-refractivity contribution in [2.24, 2.45) is 4.99 Å². The van der Waals surface area contributed by atoms with Gasteiger partial charge in [0.2, 0.25) is 5.55 Å². The molecule has 1 amide bonds. The molecule has 2 N–H and O–H groups in total. The summed E-state index contributed by atoms with van der Waals surface area (Å²) in [6.07, 6.45) is 1.97. The number of ether oxygens (including phenoxy) is 1. The topological polar surface area (TPSA) is 84.1 Å². The van der Waals surface area contributed by atoms with Crippen molar-refractivity contribution < 1.29 is 19.1 Å². The second kappa shape index (κ2) is 8.27. The summed E-state index contributed by atoms with van der Waals surface area (Å²) in [5.74, 6) is -0.223. The zero-order chi connectivity index (χ0) is 20.4. The summed E-state index contributed by atoms with van der Waals surface area (Å²) in [6.45, 7) is 3.01. The molecule has 0 saturated carbocycles. The van der Waals surface area contributed by atoms with E-state index in [4.69, 9.17) is 20.8 Å². The molecule has 3 aromatic rings. The molecule has 1 aliphatic rings. The fourth-order valence-corrected chi connectivity index (χ4v) is 3.46. The van der Waals surface area contributed by atoms with Gasteiger partial charge in [-0.3, -0.25) is 4.79 Å². The van der Waals surface area contributed by atoms with Crippen molar-refractivity contribution in [3.05, 3.63) is 64.2 Å². The smallest absolute Gasteiger partial charge is 0.256 e. The molecule has 0 spiro atoms. The third-order valence-electron chi connectivity index (χ3n) is 4.95. The molecule has 4 rings (SSSR count). The standard InChI is InChI=1S/C22H21ClN2O4/c1-13-18(23)5-2-6-19(13)25-22-17(21(27)24-12-16-4-3-9-28-16)10-14-7-8-15(26)11-20(14)29-22/h2,5-8,10-11,16,26H,3-4,9,12H2,1H3,(H,24,27). The molecule has 2 heterocycles. The van der Waals surface area contributed by atoms with Gasteiger partial charge in [0.1, 0.15) is 16.9 Å². The van der Waals surface area contributed by atoms with Crippen molar-refractivity contribution >= 4 is 34.2 Å². The van der Waals surface area contributed by atoms with Crippen LogP contribution in [0, 0.1) is 6.92 Å². The van der Waals surface area contributed by atoms with E-state index in [-0.39, 0.29) is 23.3 Å². The fourth-order valence-electron chi connectivity index (χ4n) is 3.29. The van der Waals surface area contributed by atoms with Crippen molar-refractivity contribution in [1.29, 1.82) is 0 Å². The molecular weight excluding hydrogens is 392 g/mol. The molecule has 7 heteroatoms. The lowest BCUT2D eigenvalue weighted by atomic mass is 10.1. The first kappa shape index (κ1) is 19.5. The van der Waals surface area contributed by atoms with Gasteiger partial charge in [0.15, 0.2) is 0 Å². The van der Waals surface area contributed by atoms with Crippen molar-refractivity contribution in [3.63, 3.8) is 0 Å². The second-order valence-electron chi connectivity index (χ2n) is 7.03. The van der Waals surface area contributed by atoms with E-state index in [1.54, 1.807) is 36.4 Å². The number of carbonyl (C=O) groups is 1. The highest BCUT2D eigenvalue weighted by atomic mass is 35.5. The predicted molar refractivity (Wildman–Crippen MR) is 111 cm³/mol. The van der Waals surface area contributed by atoms with E-state index in [9.17, 15) is 9.90 Å². The Morgan fingerprint density at radius 3 is 2.97 bits per heavy atom. The molecule has 0 radical (unpaired) electrons. The summed E-state index contributed by atoms with van der Waals surface area (Å²) >= 11 is 6.20.